The fourth-order valence-corrected chi connectivity index (χ4v) is 3.89. The molecule has 0 saturated carbocycles. The summed E-state index contributed by atoms with van der Waals surface area (Å²) in [5.74, 6) is -0.145. The molecule has 0 saturated heterocycles. The summed E-state index contributed by atoms with van der Waals surface area (Å²) in [5, 5.41) is 5.15. The van der Waals surface area contributed by atoms with E-state index in [0.29, 0.717) is 27.8 Å². The average Bonchev–Trinajstić information content (AvgIpc) is 3.05. The molecule has 8 heteroatoms. The number of carbonyl (C=O) groups is 1. The zero-order chi connectivity index (χ0) is 22.3. The highest BCUT2D eigenvalue weighted by Gasteiger charge is 2.19. The van der Waals surface area contributed by atoms with Crippen molar-refractivity contribution in [2.45, 2.75) is 20.4 Å². The maximum atomic E-state index is 13.1. The van der Waals surface area contributed by atoms with Crippen molar-refractivity contribution in [2.75, 3.05) is 7.05 Å². The van der Waals surface area contributed by atoms with Gasteiger partial charge in [-0.15, -0.1) is 0 Å². The molecule has 0 unspecified atom stereocenters. The lowest BCUT2D eigenvalue weighted by Gasteiger charge is -2.18. The van der Waals surface area contributed by atoms with Gasteiger partial charge in [0.25, 0.3) is 11.5 Å². The summed E-state index contributed by atoms with van der Waals surface area (Å²) in [6, 6.07) is 14.9. The minimum Gasteiger partial charge on any atom is -0.337 e. The van der Waals surface area contributed by atoms with Gasteiger partial charge in [-0.2, -0.15) is 5.10 Å². The van der Waals surface area contributed by atoms with Gasteiger partial charge in [0.1, 0.15) is 0 Å². The fourth-order valence-electron chi connectivity index (χ4n) is 3.69. The fraction of sp³-hybridized carbons (Fsp3) is 0.217. The van der Waals surface area contributed by atoms with Crippen LogP contribution in [0, 0.1) is 18.6 Å². The van der Waals surface area contributed by atoms with E-state index in [2.05, 4.69) is 10.1 Å². The van der Waals surface area contributed by atoms with Crippen LogP contribution in [0.15, 0.2) is 53.3 Å². The topological polar surface area (TPSA) is 75.9 Å². The third-order valence-corrected chi connectivity index (χ3v) is 5.91. The maximum absolute atomic E-state index is 13.1. The number of aromatic nitrogens is 4. The largest absolute Gasteiger partial charge is 0.337 e. The number of hydrogen-bond donors (Lipinski definition) is 1. The first-order valence-electron chi connectivity index (χ1n) is 9.87. The molecular formula is C23H23N5O2S. The highest BCUT2D eigenvalue weighted by molar-refractivity contribution is 7.71. The van der Waals surface area contributed by atoms with E-state index >= 15 is 0 Å². The molecule has 1 N–H and O–H groups in total. The Hall–Kier alpha value is -3.52. The number of para-hydroxylation sites is 1. The van der Waals surface area contributed by atoms with Gasteiger partial charge in [0.15, 0.2) is 4.77 Å². The molecule has 0 fully saturated rings. The summed E-state index contributed by atoms with van der Waals surface area (Å²) in [6.07, 6.45) is 0. The summed E-state index contributed by atoms with van der Waals surface area (Å²) >= 11 is 5.19. The Labute approximate surface area is 184 Å². The maximum Gasteiger partial charge on any atom is 0.261 e. The molecule has 0 aliphatic heterocycles. The molecule has 2 heterocycles. The molecule has 7 nitrogen and oxygen atoms in total. The molecule has 158 valence electrons. The molecule has 2 aromatic heterocycles. The molecule has 0 spiro atoms. The van der Waals surface area contributed by atoms with Gasteiger partial charge in [0, 0.05) is 37.5 Å². The lowest BCUT2D eigenvalue weighted by molar-refractivity contribution is 0.0785. The van der Waals surface area contributed by atoms with Crippen LogP contribution in [0.4, 0.5) is 0 Å². The van der Waals surface area contributed by atoms with Crippen molar-refractivity contribution in [3.05, 3.63) is 86.2 Å². The molecule has 1 amide bonds. The Bertz CT molecular complexity index is 1420. The van der Waals surface area contributed by atoms with Gasteiger partial charge in [-0.1, -0.05) is 18.2 Å². The number of nitrogens with one attached hydrogen (secondary N) is 1. The molecule has 0 aliphatic rings. The Morgan fingerprint density at radius 3 is 2.58 bits per heavy atom. The SMILES string of the molecule is Cc1nn(-c2ccccc2)c(C)c1CN(C)C(=O)c1ccc2c(=O)n(C)c(=S)[nH]c2c1. The summed E-state index contributed by atoms with van der Waals surface area (Å²) in [4.78, 5) is 30.1. The number of nitrogens with zero attached hydrogens (tertiary/aromatic N) is 4. The van der Waals surface area contributed by atoms with Crippen LogP contribution in [-0.4, -0.2) is 37.2 Å². The van der Waals surface area contributed by atoms with Crippen molar-refractivity contribution in [3.8, 4) is 5.69 Å². The second-order valence-corrected chi connectivity index (χ2v) is 8.00. The van der Waals surface area contributed by atoms with Crippen LogP contribution in [0.5, 0.6) is 0 Å². The average molecular weight is 434 g/mol. The molecule has 4 rings (SSSR count). The molecule has 0 aliphatic carbocycles. The molecule has 0 bridgehead atoms. The normalized spacial score (nSPS) is 11.1. The van der Waals surface area contributed by atoms with Crippen molar-refractivity contribution >= 4 is 29.0 Å². The Morgan fingerprint density at radius 2 is 1.87 bits per heavy atom. The van der Waals surface area contributed by atoms with Crippen LogP contribution in [0.2, 0.25) is 0 Å². The first kappa shape index (κ1) is 20.7. The monoisotopic (exact) mass is 433 g/mol. The number of hydrogen-bond acceptors (Lipinski definition) is 4. The van der Waals surface area contributed by atoms with Crippen LogP contribution in [0.1, 0.15) is 27.3 Å². The van der Waals surface area contributed by atoms with Gasteiger partial charge in [0.05, 0.1) is 22.3 Å². The first-order chi connectivity index (χ1) is 14.8. The number of H-pyrrole nitrogens is 1. The Kier molecular flexibility index (Phi) is 5.32. The zero-order valence-corrected chi connectivity index (χ0v) is 18.7. The third-order valence-electron chi connectivity index (χ3n) is 5.53. The molecule has 2 aromatic carbocycles. The van der Waals surface area contributed by atoms with Crippen LogP contribution in [0.25, 0.3) is 16.6 Å². The van der Waals surface area contributed by atoms with Crippen molar-refractivity contribution in [3.63, 3.8) is 0 Å². The molecule has 4 aromatic rings. The second kappa shape index (κ2) is 7.96. The van der Waals surface area contributed by atoms with E-state index in [1.165, 1.54) is 4.57 Å². The minimum atomic E-state index is -0.189. The minimum absolute atomic E-state index is 0.145. The van der Waals surface area contributed by atoms with Crippen molar-refractivity contribution < 1.29 is 4.79 Å². The van der Waals surface area contributed by atoms with Crippen LogP contribution in [0.3, 0.4) is 0 Å². The highest BCUT2D eigenvalue weighted by Crippen LogP contribution is 2.20. The van der Waals surface area contributed by atoms with Crippen molar-refractivity contribution in [1.29, 1.82) is 0 Å². The number of rotatable bonds is 4. The van der Waals surface area contributed by atoms with E-state index in [1.54, 1.807) is 37.2 Å². The number of carbonyl (C=O) groups excluding carboxylic acids is 1. The van der Waals surface area contributed by atoms with E-state index < -0.39 is 0 Å². The number of aromatic amines is 1. The zero-order valence-electron chi connectivity index (χ0n) is 17.8. The predicted molar refractivity (Wildman–Crippen MR) is 123 cm³/mol. The van der Waals surface area contributed by atoms with Crippen LogP contribution < -0.4 is 5.56 Å². The first-order valence-corrected chi connectivity index (χ1v) is 10.3. The number of benzene rings is 2. The third kappa shape index (κ3) is 3.70. The molecular weight excluding hydrogens is 410 g/mol. The van der Waals surface area contributed by atoms with Gasteiger partial charge in [-0.3, -0.25) is 14.2 Å². The lowest BCUT2D eigenvalue weighted by atomic mass is 10.1. The Morgan fingerprint density at radius 1 is 1.16 bits per heavy atom. The van der Waals surface area contributed by atoms with Gasteiger partial charge in [-0.25, -0.2) is 4.68 Å². The summed E-state index contributed by atoms with van der Waals surface area (Å²) in [5.41, 5.74) is 4.71. The highest BCUT2D eigenvalue weighted by atomic mass is 32.1. The summed E-state index contributed by atoms with van der Waals surface area (Å²) < 4.78 is 3.59. The second-order valence-electron chi connectivity index (χ2n) is 7.61. The standard InChI is InChI=1S/C23H23N5O2S/c1-14-19(15(2)28(25-14)17-8-6-5-7-9-17)13-26(3)21(29)16-10-11-18-20(12-16)24-23(31)27(4)22(18)30/h5-12H,13H2,1-4H3,(H,24,31). The van der Waals surface area contributed by atoms with Gasteiger partial charge < -0.3 is 9.88 Å². The molecule has 0 atom stereocenters. The van der Waals surface area contributed by atoms with Gasteiger partial charge in [0.2, 0.25) is 0 Å². The van der Waals surface area contributed by atoms with Crippen LogP contribution in [-0.2, 0) is 13.6 Å². The predicted octanol–water partition coefficient (Wildman–Crippen LogP) is 3.67. The number of amides is 1. The number of fused-ring (bicyclic) bond motifs is 1. The van der Waals surface area contributed by atoms with Crippen molar-refractivity contribution in [1.82, 2.24) is 24.2 Å². The van der Waals surface area contributed by atoms with Crippen LogP contribution >= 0.6 is 12.2 Å². The van der Waals surface area contributed by atoms with E-state index in [-0.39, 0.29) is 11.5 Å². The Balaban J connectivity index is 1.64. The van der Waals surface area contributed by atoms with E-state index in [4.69, 9.17) is 12.2 Å². The van der Waals surface area contributed by atoms with E-state index in [9.17, 15) is 9.59 Å². The summed E-state index contributed by atoms with van der Waals surface area (Å²) in [6.45, 7) is 4.38. The molecule has 0 radical (unpaired) electrons. The summed E-state index contributed by atoms with van der Waals surface area (Å²) in [7, 11) is 3.38. The van der Waals surface area contributed by atoms with Gasteiger partial charge in [-0.05, 0) is 56.4 Å². The van der Waals surface area contributed by atoms with E-state index in [1.807, 2.05) is 48.9 Å². The van der Waals surface area contributed by atoms with E-state index in [0.717, 1.165) is 22.6 Å². The smallest absolute Gasteiger partial charge is 0.261 e. The molecule has 31 heavy (non-hydrogen) atoms. The van der Waals surface area contributed by atoms with Crippen molar-refractivity contribution in [2.24, 2.45) is 7.05 Å². The number of aryl methyl sites for hydroxylation is 1. The van der Waals surface area contributed by atoms with Gasteiger partial charge >= 0.3 is 0 Å². The quantitative estimate of drug-likeness (QED) is 0.498. The lowest BCUT2D eigenvalue weighted by Crippen LogP contribution is -2.27.